The van der Waals surface area contributed by atoms with Crippen molar-refractivity contribution in [3.63, 3.8) is 0 Å². The number of ether oxygens (including phenoxy) is 1. The quantitative estimate of drug-likeness (QED) is 0.873. The number of hydrogen-bond donors (Lipinski definition) is 1. The van der Waals surface area contributed by atoms with Crippen LogP contribution < -0.4 is 5.32 Å². The third kappa shape index (κ3) is 4.24. The Labute approximate surface area is 159 Å². The van der Waals surface area contributed by atoms with Crippen LogP contribution in [0, 0.1) is 5.92 Å². The molecule has 27 heavy (non-hydrogen) atoms. The molecule has 4 rings (SSSR count). The van der Waals surface area contributed by atoms with Gasteiger partial charge in [-0.05, 0) is 43.7 Å². The second-order valence-electron chi connectivity index (χ2n) is 7.16. The minimum absolute atomic E-state index is 0.000769. The number of hydrogen-bond acceptors (Lipinski definition) is 6. The number of pyridine rings is 1. The predicted molar refractivity (Wildman–Crippen MR) is 101 cm³/mol. The van der Waals surface area contributed by atoms with Gasteiger partial charge in [-0.3, -0.25) is 9.78 Å². The van der Waals surface area contributed by atoms with E-state index in [4.69, 9.17) is 4.74 Å². The zero-order chi connectivity index (χ0) is 18.5. The van der Waals surface area contributed by atoms with E-state index in [1.54, 1.807) is 30.9 Å². The summed E-state index contributed by atoms with van der Waals surface area (Å²) < 4.78 is 5.55. The molecule has 2 aromatic rings. The molecule has 1 amide bonds. The highest BCUT2D eigenvalue weighted by Crippen LogP contribution is 2.24. The summed E-state index contributed by atoms with van der Waals surface area (Å²) in [6.07, 6.45) is 9.13. The average molecular weight is 367 g/mol. The van der Waals surface area contributed by atoms with Crippen molar-refractivity contribution in [1.82, 2.24) is 19.9 Å². The highest BCUT2D eigenvalue weighted by Gasteiger charge is 2.25. The second kappa shape index (κ2) is 8.43. The first-order valence-electron chi connectivity index (χ1n) is 9.65. The van der Waals surface area contributed by atoms with E-state index in [0.29, 0.717) is 24.6 Å². The molecule has 0 spiro atoms. The fraction of sp³-hybridized carbons (Fsp3) is 0.500. The van der Waals surface area contributed by atoms with Crippen LogP contribution in [0.4, 0.5) is 5.82 Å². The van der Waals surface area contributed by atoms with Gasteiger partial charge in [0.25, 0.3) is 5.91 Å². The van der Waals surface area contributed by atoms with E-state index >= 15 is 0 Å². The maximum atomic E-state index is 12.7. The molecule has 0 aromatic carbocycles. The lowest BCUT2D eigenvalue weighted by Crippen LogP contribution is -2.37. The zero-order valence-corrected chi connectivity index (χ0v) is 15.4. The van der Waals surface area contributed by atoms with Crippen LogP contribution in [-0.2, 0) is 17.7 Å². The summed E-state index contributed by atoms with van der Waals surface area (Å²) in [4.78, 5) is 27.4. The fourth-order valence-corrected chi connectivity index (χ4v) is 3.78. The van der Waals surface area contributed by atoms with Crippen LogP contribution in [0.3, 0.4) is 0 Å². The molecule has 7 heteroatoms. The summed E-state index contributed by atoms with van der Waals surface area (Å²) in [5, 5.41) is 3.48. The molecule has 2 aromatic heterocycles. The van der Waals surface area contributed by atoms with Gasteiger partial charge in [0, 0.05) is 44.3 Å². The van der Waals surface area contributed by atoms with Gasteiger partial charge in [0.2, 0.25) is 0 Å². The number of amides is 1. The highest BCUT2D eigenvalue weighted by molar-refractivity contribution is 5.94. The van der Waals surface area contributed by atoms with Gasteiger partial charge < -0.3 is 15.0 Å². The van der Waals surface area contributed by atoms with E-state index in [0.717, 1.165) is 56.1 Å². The predicted octanol–water partition coefficient (Wildman–Crippen LogP) is 2.30. The number of nitrogens with one attached hydrogen (secondary N) is 1. The van der Waals surface area contributed by atoms with Gasteiger partial charge in [0.1, 0.15) is 12.1 Å². The molecule has 0 bridgehead atoms. The van der Waals surface area contributed by atoms with Crippen LogP contribution in [0.2, 0.25) is 0 Å². The molecular weight excluding hydrogens is 342 g/mol. The standard InChI is InChI=1S/C20H25N5O2/c26-20(16-4-1-7-21-11-16)25-9-6-17-18(12-25)23-14-24-19(17)22-8-5-15-3-2-10-27-13-15/h1,4,7,11,14-15H,2-3,5-6,8-10,12-13H2,(H,22,23,24). The van der Waals surface area contributed by atoms with Crippen LogP contribution in [0.1, 0.15) is 40.9 Å². The van der Waals surface area contributed by atoms with E-state index in [1.165, 1.54) is 6.42 Å². The molecule has 2 aliphatic heterocycles. The summed E-state index contributed by atoms with van der Waals surface area (Å²) in [6, 6.07) is 3.58. The number of rotatable bonds is 5. The maximum absolute atomic E-state index is 12.7. The number of anilines is 1. The second-order valence-corrected chi connectivity index (χ2v) is 7.16. The Morgan fingerprint density at radius 2 is 2.33 bits per heavy atom. The Morgan fingerprint density at radius 1 is 1.37 bits per heavy atom. The molecule has 2 aliphatic rings. The number of aromatic nitrogens is 3. The van der Waals surface area contributed by atoms with E-state index in [2.05, 4.69) is 20.3 Å². The van der Waals surface area contributed by atoms with Crippen molar-refractivity contribution >= 4 is 11.7 Å². The molecule has 1 N–H and O–H groups in total. The van der Waals surface area contributed by atoms with Gasteiger partial charge in [0.15, 0.2) is 0 Å². The summed E-state index contributed by atoms with van der Waals surface area (Å²) in [7, 11) is 0. The van der Waals surface area contributed by atoms with Crippen LogP contribution >= 0.6 is 0 Å². The first-order chi connectivity index (χ1) is 13.3. The van der Waals surface area contributed by atoms with Gasteiger partial charge in [-0.1, -0.05) is 0 Å². The van der Waals surface area contributed by atoms with Crippen molar-refractivity contribution in [2.75, 3.05) is 31.6 Å². The molecule has 1 saturated heterocycles. The van der Waals surface area contributed by atoms with Crippen molar-refractivity contribution in [3.8, 4) is 0 Å². The van der Waals surface area contributed by atoms with Crippen LogP contribution in [0.5, 0.6) is 0 Å². The molecule has 1 unspecified atom stereocenters. The van der Waals surface area contributed by atoms with E-state index in [1.807, 2.05) is 4.90 Å². The van der Waals surface area contributed by atoms with Crippen molar-refractivity contribution in [2.45, 2.75) is 32.2 Å². The lowest BCUT2D eigenvalue weighted by Gasteiger charge is -2.29. The lowest BCUT2D eigenvalue weighted by molar-refractivity contribution is 0.0530. The van der Waals surface area contributed by atoms with Crippen LogP contribution in [-0.4, -0.2) is 52.1 Å². The smallest absolute Gasteiger partial charge is 0.255 e. The molecule has 0 radical (unpaired) electrons. The molecule has 0 saturated carbocycles. The van der Waals surface area contributed by atoms with Gasteiger partial charge in [-0.25, -0.2) is 9.97 Å². The number of fused-ring (bicyclic) bond motifs is 1. The largest absolute Gasteiger partial charge is 0.381 e. The zero-order valence-electron chi connectivity index (χ0n) is 15.4. The maximum Gasteiger partial charge on any atom is 0.255 e. The third-order valence-electron chi connectivity index (χ3n) is 5.30. The molecule has 7 nitrogen and oxygen atoms in total. The summed E-state index contributed by atoms with van der Waals surface area (Å²) >= 11 is 0. The number of carbonyl (C=O) groups is 1. The molecule has 4 heterocycles. The van der Waals surface area contributed by atoms with E-state index in [9.17, 15) is 4.79 Å². The summed E-state index contributed by atoms with van der Waals surface area (Å²) in [5.41, 5.74) is 2.67. The SMILES string of the molecule is O=C(c1cccnc1)N1CCc2c(ncnc2NCCC2CCCOC2)C1. The normalized spacial score (nSPS) is 19.4. The minimum atomic E-state index is -0.000769. The van der Waals surface area contributed by atoms with Crippen LogP contribution in [0.15, 0.2) is 30.9 Å². The lowest BCUT2D eigenvalue weighted by atomic mass is 9.98. The van der Waals surface area contributed by atoms with Crippen molar-refractivity contribution in [3.05, 3.63) is 47.7 Å². The average Bonchev–Trinajstić information content (AvgIpc) is 2.74. The van der Waals surface area contributed by atoms with Gasteiger partial charge in [0.05, 0.1) is 17.8 Å². The van der Waals surface area contributed by atoms with Gasteiger partial charge >= 0.3 is 0 Å². The Hall–Kier alpha value is -2.54. The third-order valence-corrected chi connectivity index (χ3v) is 5.30. The Morgan fingerprint density at radius 3 is 3.15 bits per heavy atom. The Kier molecular flexibility index (Phi) is 5.58. The number of carbonyl (C=O) groups excluding carboxylic acids is 1. The first kappa shape index (κ1) is 17.9. The number of nitrogens with zero attached hydrogens (tertiary/aromatic N) is 4. The highest BCUT2D eigenvalue weighted by atomic mass is 16.5. The van der Waals surface area contributed by atoms with Gasteiger partial charge in [-0.15, -0.1) is 0 Å². The molecular formula is C20H25N5O2. The van der Waals surface area contributed by atoms with E-state index < -0.39 is 0 Å². The molecule has 1 fully saturated rings. The minimum Gasteiger partial charge on any atom is -0.381 e. The van der Waals surface area contributed by atoms with Crippen molar-refractivity contribution < 1.29 is 9.53 Å². The topological polar surface area (TPSA) is 80.2 Å². The first-order valence-corrected chi connectivity index (χ1v) is 9.65. The Bertz CT molecular complexity index is 777. The summed E-state index contributed by atoms with van der Waals surface area (Å²) in [6.45, 7) is 3.83. The van der Waals surface area contributed by atoms with Crippen molar-refractivity contribution in [2.24, 2.45) is 5.92 Å². The van der Waals surface area contributed by atoms with E-state index in [-0.39, 0.29) is 5.91 Å². The monoisotopic (exact) mass is 367 g/mol. The fourth-order valence-electron chi connectivity index (χ4n) is 3.78. The molecule has 142 valence electrons. The van der Waals surface area contributed by atoms with Crippen molar-refractivity contribution in [1.29, 1.82) is 0 Å². The van der Waals surface area contributed by atoms with Gasteiger partial charge in [-0.2, -0.15) is 0 Å². The summed E-state index contributed by atoms with van der Waals surface area (Å²) in [5.74, 6) is 1.54. The van der Waals surface area contributed by atoms with Crippen LogP contribution in [0.25, 0.3) is 0 Å². The molecule has 1 atom stereocenters. The Balaban J connectivity index is 1.38. The molecule has 0 aliphatic carbocycles.